The molecule has 1 rings (SSSR count). The van der Waals surface area contributed by atoms with Crippen molar-refractivity contribution in [2.24, 2.45) is 0 Å². The van der Waals surface area contributed by atoms with E-state index in [1.807, 2.05) is 11.4 Å². The van der Waals surface area contributed by atoms with Crippen molar-refractivity contribution < 1.29 is 14.7 Å². The van der Waals surface area contributed by atoms with Crippen LogP contribution in [0.25, 0.3) is 0 Å². The van der Waals surface area contributed by atoms with Crippen LogP contribution in [0.2, 0.25) is 0 Å². The molecule has 15 heavy (non-hydrogen) atoms. The smallest absolute Gasteiger partial charge is 0.303 e. The number of carboxylic acid groups (broad SMARTS) is 1. The molecule has 2 N–H and O–H groups in total. The van der Waals surface area contributed by atoms with Crippen LogP contribution in [-0.2, 0) is 4.79 Å². The number of nitrogens with one attached hydrogen (secondary N) is 1. The Kier molecular flexibility index (Phi) is 4.45. The molecule has 1 atom stereocenters. The number of aliphatic carboxylic acids is 1. The second-order valence-electron chi connectivity index (χ2n) is 3.12. The average Bonchev–Trinajstić information content (AvgIpc) is 2.70. The lowest BCUT2D eigenvalue weighted by Crippen LogP contribution is -2.34. The monoisotopic (exact) mass is 227 g/mol. The Hall–Kier alpha value is -1.20. The number of hydrogen-bond donors (Lipinski definition) is 2. The number of ketones is 1. The zero-order valence-corrected chi connectivity index (χ0v) is 9.21. The highest BCUT2D eigenvalue weighted by atomic mass is 32.1. The fourth-order valence-electron chi connectivity index (χ4n) is 1.26. The van der Waals surface area contributed by atoms with Crippen LogP contribution in [0.5, 0.6) is 0 Å². The predicted molar refractivity (Wildman–Crippen MR) is 58.4 cm³/mol. The van der Waals surface area contributed by atoms with Gasteiger partial charge < -0.3 is 10.4 Å². The normalized spacial score (nSPS) is 12.3. The van der Waals surface area contributed by atoms with Crippen LogP contribution < -0.4 is 5.32 Å². The first-order valence-corrected chi connectivity index (χ1v) is 5.50. The second kappa shape index (κ2) is 5.63. The van der Waals surface area contributed by atoms with Crippen LogP contribution in [0.4, 0.5) is 0 Å². The van der Waals surface area contributed by atoms with E-state index < -0.39 is 12.0 Å². The molecule has 1 unspecified atom stereocenters. The Morgan fingerprint density at radius 1 is 1.60 bits per heavy atom. The van der Waals surface area contributed by atoms with Crippen molar-refractivity contribution in [3.05, 3.63) is 22.4 Å². The van der Waals surface area contributed by atoms with E-state index in [-0.39, 0.29) is 12.2 Å². The first-order valence-electron chi connectivity index (χ1n) is 4.62. The maximum atomic E-state index is 11.8. The first kappa shape index (κ1) is 11.9. The molecule has 0 fully saturated rings. The largest absolute Gasteiger partial charge is 0.481 e. The van der Waals surface area contributed by atoms with Gasteiger partial charge in [0.1, 0.15) is 0 Å². The lowest BCUT2D eigenvalue weighted by atomic mass is 10.1. The van der Waals surface area contributed by atoms with Crippen LogP contribution >= 0.6 is 11.3 Å². The van der Waals surface area contributed by atoms with Crippen molar-refractivity contribution in [2.75, 3.05) is 7.05 Å². The zero-order chi connectivity index (χ0) is 11.3. The van der Waals surface area contributed by atoms with E-state index in [9.17, 15) is 9.59 Å². The van der Waals surface area contributed by atoms with Gasteiger partial charge in [-0.2, -0.15) is 0 Å². The molecule has 0 spiro atoms. The molecule has 1 aromatic heterocycles. The molecular formula is C10H13NO3S. The van der Waals surface area contributed by atoms with Crippen LogP contribution in [0, 0.1) is 0 Å². The Morgan fingerprint density at radius 3 is 2.80 bits per heavy atom. The van der Waals surface area contributed by atoms with Crippen molar-refractivity contribution >= 4 is 23.1 Å². The number of likely N-dealkylation sites (N-methyl/N-ethyl adjacent to an activating group) is 1. The van der Waals surface area contributed by atoms with Gasteiger partial charge in [0.25, 0.3) is 0 Å². The average molecular weight is 227 g/mol. The summed E-state index contributed by atoms with van der Waals surface area (Å²) in [6, 6.07) is 3.15. The number of rotatable bonds is 6. The second-order valence-corrected chi connectivity index (χ2v) is 4.06. The minimum atomic E-state index is -0.880. The third-order valence-corrected chi connectivity index (χ3v) is 2.96. The fraction of sp³-hybridized carbons (Fsp3) is 0.400. The highest BCUT2D eigenvalue weighted by Crippen LogP contribution is 2.13. The highest BCUT2D eigenvalue weighted by molar-refractivity contribution is 7.12. The number of carbonyl (C=O) groups excluding carboxylic acids is 1. The molecule has 1 heterocycles. The maximum absolute atomic E-state index is 11.8. The van der Waals surface area contributed by atoms with Gasteiger partial charge in [-0.15, -0.1) is 11.3 Å². The van der Waals surface area contributed by atoms with Gasteiger partial charge >= 0.3 is 5.97 Å². The number of Topliss-reactive ketones (excluding diaryl/α,β-unsaturated/α-hetero) is 1. The van der Waals surface area contributed by atoms with Gasteiger partial charge in [0.05, 0.1) is 10.9 Å². The molecule has 5 heteroatoms. The van der Waals surface area contributed by atoms with E-state index in [0.717, 1.165) is 0 Å². The number of thiophene rings is 1. The molecule has 0 aliphatic heterocycles. The molecule has 0 aliphatic rings. The molecular weight excluding hydrogens is 214 g/mol. The number of hydrogen-bond acceptors (Lipinski definition) is 4. The minimum Gasteiger partial charge on any atom is -0.481 e. The molecule has 0 amide bonds. The van der Waals surface area contributed by atoms with E-state index >= 15 is 0 Å². The fourth-order valence-corrected chi connectivity index (χ4v) is 1.98. The molecule has 0 aromatic carbocycles. The van der Waals surface area contributed by atoms with E-state index in [4.69, 9.17) is 5.11 Å². The SMILES string of the molecule is CNC(CCC(=O)O)C(=O)c1cccs1. The predicted octanol–water partition coefficient (Wildman–Crippen LogP) is 1.38. The molecule has 0 saturated heterocycles. The van der Waals surface area contributed by atoms with Gasteiger partial charge in [0, 0.05) is 6.42 Å². The standard InChI is InChI=1S/C10H13NO3S/c1-11-7(4-5-9(12)13)10(14)8-3-2-6-15-8/h2-3,6-7,11H,4-5H2,1H3,(H,12,13). The number of carboxylic acids is 1. The summed E-state index contributed by atoms with van der Waals surface area (Å²) in [6.07, 6.45) is 0.325. The van der Waals surface area contributed by atoms with Crippen molar-refractivity contribution in [1.29, 1.82) is 0 Å². The van der Waals surface area contributed by atoms with Gasteiger partial charge in [0.2, 0.25) is 0 Å². The Morgan fingerprint density at radius 2 is 2.33 bits per heavy atom. The van der Waals surface area contributed by atoms with Crippen molar-refractivity contribution in [3.63, 3.8) is 0 Å². The summed E-state index contributed by atoms with van der Waals surface area (Å²) in [4.78, 5) is 22.9. The lowest BCUT2D eigenvalue weighted by Gasteiger charge is -2.12. The van der Waals surface area contributed by atoms with E-state index in [1.54, 1.807) is 13.1 Å². The lowest BCUT2D eigenvalue weighted by molar-refractivity contribution is -0.137. The molecule has 82 valence electrons. The van der Waals surface area contributed by atoms with Gasteiger partial charge in [-0.25, -0.2) is 0 Å². The molecule has 0 radical (unpaired) electrons. The van der Waals surface area contributed by atoms with Crippen LogP contribution in [0.3, 0.4) is 0 Å². The summed E-state index contributed by atoms with van der Waals surface area (Å²) in [6.45, 7) is 0. The zero-order valence-electron chi connectivity index (χ0n) is 8.40. The topological polar surface area (TPSA) is 66.4 Å². The number of carbonyl (C=O) groups is 2. The van der Waals surface area contributed by atoms with E-state index in [2.05, 4.69) is 5.32 Å². The maximum Gasteiger partial charge on any atom is 0.303 e. The molecule has 4 nitrogen and oxygen atoms in total. The summed E-state index contributed by atoms with van der Waals surface area (Å²) in [7, 11) is 1.66. The molecule has 0 bridgehead atoms. The van der Waals surface area contributed by atoms with Crippen LogP contribution in [0.15, 0.2) is 17.5 Å². The van der Waals surface area contributed by atoms with Crippen molar-refractivity contribution in [2.45, 2.75) is 18.9 Å². The third-order valence-electron chi connectivity index (χ3n) is 2.08. The van der Waals surface area contributed by atoms with Crippen molar-refractivity contribution in [3.8, 4) is 0 Å². The van der Waals surface area contributed by atoms with Gasteiger partial charge in [0.15, 0.2) is 5.78 Å². The minimum absolute atomic E-state index is 0.00260. The summed E-state index contributed by atoms with van der Waals surface area (Å²) < 4.78 is 0. The Labute approximate surface area is 91.9 Å². The van der Waals surface area contributed by atoms with E-state index in [0.29, 0.717) is 11.3 Å². The molecule has 1 aromatic rings. The summed E-state index contributed by atoms with van der Waals surface area (Å²) >= 11 is 1.37. The first-order chi connectivity index (χ1) is 7.15. The Balaban J connectivity index is 2.59. The van der Waals surface area contributed by atoms with Crippen LogP contribution in [0.1, 0.15) is 22.5 Å². The van der Waals surface area contributed by atoms with E-state index in [1.165, 1.54) is 11.3 Å². The quantitative estimate of drug-likeness (QED) is 0.721. The van der Waals surface area contributed by atoms with Gasteiger partial charge in [-0.1, -0.05) is 6.07 Å². The van der Waals surface area contributed by atoms with Crippen molar-refractivity contribution in [1.82, 2.24) is 5.32 Å². The molecule has 0 saturated carbocycles. The van der Waals surface area contributed by atoms with Crippen LogP contribution in [-0.4, -0.2) is 29.9 Å². The Bertz CT molecular complexity index is 334. The van der Waals surface area contributed by atoms with Gasteiger partial charge in [-0.05, 0) is 24.9 Å². The van der Waals surface area contributed by atoms with Gasteiger partial charge in [-0.3, -0.25) is 9.59 Å². The highest BCUT2D eigenvalue weighted by Gasteiger charge is 2.19. The summed E-state index contributed by atoms with van der Waals surface area (Å²) in [5.41, 5.74) is 0. The summed E-state index contributed by atoms with van der Waals surface area (Å²) in [5.74, 6) is -0.914. The molecule has 0 aliphatic carbocycles. The summed E-state index contributed by atoms with van der Waals surface area (Å²) in [5, 5.41) is 13.2. The third kappa shape index (κ3) is 3.45.